The van der Waals surface area contributed by atoms with Crippen molar-refractivity contribution in [3.8, 4) is 0 Å². The predicted molar refractivity (Wildman–Crippen MR) is 86.5 cm³/mol. The number of ether oxygens (including phenoxy) is 1. The zero-order valence-corrected chi connectivity index (χ0v) is 14.2. The van der Waals surface area contributed by atoms with Crippen molar-refractivity contribution < 1.29 is 9.53 Å². The van der Waals surface area contributed by atoms with E-state index in [0.717, 1.165) is 13.0 Å². The SMILES string of the molecule is CCCNc1ncc(Br)c(NC(C)C(=O)NCCOC)n1. The van der Waals surface area contributed by atoms with E-state index in [-0.39, 0.29) is 5.91 Å². The maximum atomic E-state index is 11.9. The highest BCUT2D eigenvalue weighted by molar-refractivity contribution is 9.10. The predicted octanol–water partition coefficient (Wildman–Crippen LogP) is 1.62. The van der Waals surface area contributed by atoms with Gasteiger partial charge in [0.15, 0.2) is 0 Å². The summed E-state index contributed by atoms with van der Waals surface area (Å²) in [5.41, 5.74) is 0. The van der Waals surface area contributed by atoms with Crippen molar-refractivity contribution in [2.24, 2.45) is 0 Å². The molecule has 0 aliphatic rings. The number of halogens is 1. The van der Waals surface area contributed by atoms with Crippen molar-refractivity contribution in [2.45, 2.75) is 26.3 Å². The van der Waals surface area contributed by atoms with Gasteiger partial charge in [-0.1, -0.05) is 6.92 Å². The zero-order chi connectivity index (χ0) is 15.7. The topological polar surface area (TPSA) is 88.2 Å². The molecule has 0 saturated carbocycles. The lowest BCUT2D eigenvalue weighted by atomic mass is 10.3. The Bertz CT molecular complexity index is 458. The molecule has 1 atom stereocenters. The molecular weight excluding hydrogens is 338 g/mol. The van der Waals surface area contributed by atoms with Crippen LogP contribution in [0.2, 0.25) is 0 Å². The number of anilines is 2. The fraction of sp³-hybridized carbons (Fsp3) is 0.615. The minimum atomic E-state index is -0.410. The Morgan fingerprint density at radius 2 is 2.24 bits per heavy atom. The molecule has 1 aromatic rings. The third-order valence-corrected chi connectivity index (χ3v) is 3.21. The molecule has 1 aromatic heterocycles. The van der Waals surface area contributed by atoms with Crippen molar-refractivity contribution in [2.75, 3.05) is 37.4 Å². The summed E-state index contributed by atoms with van der Waals surface area (Å²) in [4.78, 5) is 20.4. The number of aromatic nitrogens is 2. The first-order valence-corrected chi connectivity index (χ1v) is 7.67. The second-order valence-electron chi connectivity index (χ2n) is 4.47. The number of nitrogens with zero attached hydrogens (tertiary/aromatic N) is 2. The maximum Gasteiger partial charge on any atom is 0.242 e. The average molecular weight is 360 g/mol. The molecular formula is C13H22BrN5O2. The maximum absolute atomic E-state index is 11.9. The van der Waals surface area contributed by atoms with Gasteiger partial charge < -0.3 is 20.7 Å². The molecule has 1 heterocycles. The van der Waals surface area contributed by atoms with Crippen LogP contribution < -0.4 is 16.0 Å². The Morgan fingerprint density at radius 1 is 1.48 bits per heavy atom. The highest BCUT2D eigenvalue weighted by atomic mass is 79.9. The monoisotopic (exact) mass is 359 g/mol. The van der Waals surface area contributed by atoms with Gasteiger partial charge in [-0.05, 0) is 29.3 Å². The van der Waals surface area contributed by atoms with Crippen molar-refractivity contribution in [1.82, 2.24) is 15.3 Å². The van der Waals surface area contributed by atoms with Crippen molar-refractivity contribution in [3.63, 3.8) is 0 Å². The summed E-state index contributed by atoms with van der Waals surface area (Å²) in [6.45, 7) is 5.61. The summed E-state index contributed by atoms with van der Waals surface area (Å²) in [5.74, 6) is 1.01. The summed E-state index contributed by atoms with van der Waals surface area (Å²) in [5, 5.41) is 8.94. The summed E-state index contributed by atoms with van der Waals surface area (Å²) in [6.07, 6.45) is 2.64. The van der Waals surface area contributed by atoms with Gasteiger partial charge in [0.05, 0.1) is 11.1 Å². The highest BCUT2D eigenvalue weighted by Crippen LogP contribution is 2.20. The van der Waals surface area contributed by atoms with Gasteiger partial charge in [0.1, 0.15) is 11.9 Å². The lowest BCUT2D eigenvalue weighted by Crippen LogP contribution is -2.39. The van der Waals surface area contributed by atoms with Crippen LogP contribution in [0.15, 0.2) is 10.7 Å². The van der Waals surface area contributed by atoms with Crippen LogP contribution in [-0.2, 0) is 9.53 Å². The third-order valence-electron chi connectivity index (χ3n) is 2.63. The van der Waals surface area contributed by atoms with Gasteiger partial charge in [-0.2, -0.15) is 4.98 Å². The number of carbonyl (C=O) groups excluding carboxylic acids is 1. The normalized spacial score (nSPS) is 11.8. The van der Waals surface area contributed by atoms with Gasteiger partial charge in [-0.25, -0.2) is 4.98 Å². The molecule has 0 saturated heterocycles. The molecule has 0 fully saturated rings. The van der Waals surface area contributed by atoms with Crippen molar-refractivity contribution in [3.05, 3.63) is 10.7 Å². The molecule has 3 N–H and O–H groups in total. The first-order chi connectivity index (χ1) is 10.1. The fourth-order valence-electron chi connectivity index (χ4n) is 1.49. The Kier molecular flexibility index (Phi) is 7.99. The van der Waals surface area contributed by atoms with Gasteiger partial charge in [0.2, 0.25) is 11.9 Å². The van der Waals surface area contributed by atoms with Crippen LogP contribution in [0.25, 0.3) is 0 Å². The molecule has 1 unspecified atom stereocenters. The van der Waals surface area contributed by atoms with E-state index in [9.17, 15) is 4.79 Å². The van der Waals surface area contributed by atoms with E-state index >= 15 is 0 Å². The average Bonchev–Trinajstić information content (AvgIpc) is 2.48. The molecule has 1 amide bonds. The minimum absolute atomic E-state index is 0.111. The minimum Gasteiger partial charge on any atom is -0.383 e. The molecule has 0 spiro atoms. The molecule has 8 heteroatoms. The number of carbonyl (C=O) groups is 1. The lowest BCUT2D eigenvalue weighted by molar-refractivity contribution is -0.121. The van der Waals surface area contributed by atoms with E-state index in [1.54, 1.807) is 20.2 Å². The molecule has 7 nitrogen and oxygen atoms in total. The number of amides is 1. The number of nitrogens with one attached hydrogen (secondary N) is 3. The van der Waals surface area contributed by atoms with Gasteiger partial charge in [0.25, 0.3) is 0 Å². The van der Waals surface area contributed by atoms with Gasteiger partial charge in [-0.15, -0.1) is 0 Å². The Morgan fingerprint density at radius 3 is 2.90 bits per heavy atom. The van der Waals surface area contributed by atoms with E-state index in [2.05, 4.69) is 48.8 Å². The van der Waals surface area contributed by atoms with Crippen LogP contribution in [0.1, 0.15) is 20.3 Å². The van der Waals surface area contributed by atoms with E-state index in [1.807, 2.05) is 0 Å². The quantitative estimate of drug-likeness (QED) is 0.580. The molecule has 0 aliphatic carbocycles. The van der Waals surface area contributed by atoms with Crippen LogP contribution in [-0.4, -0.2) is 48.7 Å². The van der Waals surface area contributed by atoms with E-state index in [4.69, 9.17) is 4.74 Å². The number of methoxy groups -OCH3 is 1. The van der Waals surface area contributed by atoms with Gasteiger partial charge in [0, 0.05) is 26.4 Å². The van der Waals surface area contributed by atoms with Crippen molar-refractivity contribution in [1.29, 1.82) is 0 Å². The molecule has 0 aromatic carbocycles. The number of hydrogen-bond acceptors (Lipinski definition) is 6. The first kappa shape index (κ1) is 17.6. The van der Waals surface area contributed by atoms with Crippen LogP contribution in [0.5, 0.6) is 0 Å². The number of hydrogen-bond donors (Lipinski definition) is 3. The Hall–Kier alpha value is -1.41. The van der Waals surface area contributed by atoms with E-state index < -0.39 is 6.04 Å². The summed E-state index contributed by atoms with van der Waals surface area (Å²) in [6, 6.07) is -0.410. The van der Waals surface area contributed by atoms with Crippen molar-refractivity contribution >= 4 is 33.6 Å². The molecule has 0 bridgehead atoms. The van der Waals surface area contributed by atoms with Crippen LogP contribution in [0.4, 0.5) is 11.8 Å². The summed E-state index contributed by atoms with van der Waals surface area (Å²) >= 11 is 3.37. The second-order valence-corrected chi connectivity index (χ2v) is 5.32. The molecule has 118 valence electrons. The largest absolute Gasteiger partial charge is 0.383 e. The molecule has 0 aliphatic heterocycles. The first-order valence-electron chi connectivity index (χ1n) is 6.88. The Balaban J connectivity index is 2.61. The molecule has 0 radical (unpaired) electrons. The molecule has 1 rings (SSSR count). The van der Waals surface area contributed by atoms with Gasteiger partial charge >= 0.3 is 0 Å². The number of rotatable bonds is 9. The fourth-order valence-corrected chi connectivity index (χ4v) is 1.80. The van der Waals surface area contributed by atoms with Crippen LogP contribution in [0, 0.1) is 0 Å². The molecule has 21 heavy (non-hydrogen) atoms. The lowest BCUT2D eigenvalue weighted by Gasteiger charge is -2.16. The summed E-state index contributed by atoms with van der Waals surface area (Å²) < 4.78 is 5.60. The Labute approximate surface area is 133 Å². The summed E-state index contributed by atoms with van der Waals surface area (Å²) in [7, 11) is 1.59. The van der Waals surface area contributed by atoms with E-state index in [0.29, 0.717) is 29.4 Å². The van der Waals surface area contributed by atoms with E-state index in [1.165, 1.54) is 0 Å². The standard InChI is InChI=1S/C13H22BrN5O2/c1-4-5-16-13-17-8-10(14)11(19-13)18-9(2)12(20)15-6-7-21-3/h8-9H,4-7H2,1-3H3,(H,15,20)(H2,16,17,18,19). The highest BCUT2D eigenvalue weighted by Gasteiger charge is 2.14. The third kappa shape index (κ3) is 6.26. The zero-order valence-electron chi connectivity index (χ0n) is 12.6. The van der Waals surface area contributed by atoms with Crippen LogP contribution >= 0.6 is 15.9 Å². The smallest absolute Gasteiger partial charge is 0.242 e. The van der Waals surface area contributed by atoms with Gasteiger partial charge in [-0.3, -0.25) is 4.79 Å². The second kappa shape index (κ2) is 9.51. The van der Waals surface area contributed by atoms with Crippen LogP contribution in [0.3, 0.4) is 0 Å².